The van der Waals surface area contributed by atoms with Crippen LogP contribution >= 0.6 is 0 Å². The maximum Gasteiger partial charge on any atom is 0.120 e. The highest BCUT2D eigenvalue weighted by Crippen LogP contribution is 2.41. The summed E-state index contributed by atoms with van der Waals surface area (Å²) in [5, 5.41) is 0. The Balaban J connectivity index is 1.79. The van der Waals surface area contributed by atoms with Gasteiger partial charge in [0.05, 0.1) is 7.11 Å². The summed E-state index contributed by atoms with van der Waals surface area (Å²) in [7, 11) is 1.77. The summed E-state index contributed by atoms with van der Waals surface area (Å²) < 4.78 is 5.54. The van der Waals surface area contributed by atoms with Gasteiger partial charge in [-0.05, 0) is 55.3 Å². The molecule has 0 unspecified atom stereocenters. The van der Waals surface area contributed by atoms with Crippen molar-refractivity contribution < 1.29 is 4.74 Å². The van der Waals surface area contributed by atoms with Gasteiger partial charge in [0.25, 0.3) is 0 Å². The van der Waals surface area contributed by atoms with Crippen molar-refractivity contribution in [3.8, 4) is 5.75 Å². The second-order valence-electron chi connectivity index (χ2n) is 8.66. The van der Waals surface area contributed by atoms with Crippen LogP contribution < -0.4 is 9.64 Å². The van der Waals surface area contributed by atoms with Crippen LogP contribution in [0.25, 0.3) is 5.57 Å². The standard InChI is InChI=1S/C23H36N2O/c1-5-6-13-24-14-16-25(17-15-24)22-18-20(26-4)7-8-21(22)19-9-11-23(2,3)12-10-19/h7-9,18H,5-6,10-17H2,1-4H3. The smallest absolute Gasteiger partial charge is 0.120 e. The largest absolute Gasteiger partial charge is 0.497 e. The van der Waals surface area contributed by atoms with Crippen molar-refractivity contribution in [2.24, 2.45) is 5.41 Å². The maximum atomic E-state index is 5.54. The number of benzene rings is 1. The molecule has 3 heteroatoms. The van der Waals surface area contributed by atoms with Gasteiger partial charge in [0.15, 0.2) is 0 Å². The molecule has 1 aromatic rings. The Morgan fingerprint density at radius 1 is 1.12 bits per heavy atom. The summed E-state index contributed by atoms with van der Waals surface area (Å²) >= 11 is 0. The summed E-state index contributed by atoms with van der Waals surface area (Å²) in [5.74, 6) is 0.967. The van der Waals surface area contributed by atoms with Crippen molar-refractivity contribution in [1.82, 2.24) is 4.90 Å². The molecule has 0 bridgehead atoms. The molecule has 0 spiro atoms. The lowest BCUT2D eigenvalue weighted by Gasteiger charge is -2.38. The number of ether oxygens (including phenoxy) is 1. The van der Waals surface area contributed by atoms with Crippen LogP contribution in [0.5, 0.6) is 5.75 Å². The third-order valence-corrected chi connectivity index (χ3v) is 6.06. The average molecular weight is 357 g/mol. The first-order chi connectivity index (χ1) is 12.5. The number of nitrogens with zero attached hydrogens (tertiary/aromatic N) is 2. The second kappa shape index (κ2) is 8.47. The predicted octanol–water partition coefficient (Wildman–Crippen LogP) is 5.21. The fourth-order valence-electron chi connectivity index (χ4n) is 4.09. The summed E-state index contributed by atoms with van der Waals surface area (Å²) in [6, 6.07) is 6.65. The van der Waals surface area contributed by atoms with Crippen molar-refractivity contribution in [2.75, 3.05) is 44.7 Å². The zero-order chi connectivity index (χ0) is 18.6. The molecule has 2 aliphatic rings. The highest BCUT2D eigenvalue weighted by Gasteiger charge is 2.25. The summed E-state index contributed by atoms with van der Waals surface area (Å²) in [5.41, 5.74) is 4.75. The minimum Gasteiger partial charge on any atom is -0.497 e. The Kier molecular flexibility index (Phi) is 6.29. The van der Waals surface area contributed by atoms with E-state index in [-0.39, 0.29) is 0 Å². The van der Waals surface area contributed by atoms with E-state index in [0.29, 0.717) is 5.41 Å². The molecule has 0 saturated carbocycles. The monoisotopic (exact) mass is 356 g/mol. The van der Waals surface area contributed by atoms with E-state index >= 15 is 0 Å². The first kappa shape index (κ1) is 19.3. The number of anilines is 1. The number of rotatable bonds is 6. The van der Waals surface area contributed by atoms with Crippen LogP contribution in [-0.2, 0) is 0 Å². The van der Waals surface area contributed by atoms with Crippen molar-refractivity contribution >= 4 is 11.3 Å². The van der Waals surface area contributed by atoms with Crippen LogP contribution in [0.4, 0.5) is 5.69 Å². The molecule has 0 N–H and O–H groups in total. The number of piperazine rings is 1. The summed E-state index contributed by atoms with van der Waals surface area (Å²) in [6.45, 7) is 12.8. The van der Waals surface area contributed by atoms with E-state index in [4.69, 9.17) is 4.74 Å². The Morgan fingerprint density at radius 3 is 2.50 bits per heavy atom. The second-order valence-corrected chi connectivity index (χ2v) is 8.66. The van der Waals surface area contributed by atoms with Crippen LogP contribution in [0.1, 0.15) is 58.4 Å². The van der Waals surface area contributed by atoms with Gasteiger partial charge in [0, 0.05) is 43.5 Å². The van der Waals surface area contributed by atoms with Gasteiger partial charge in [-0.1, -0.05) is 33.3 Å². The first-order valence-corrected chi connectivity index (χ1v) is 10.4. The lowest BCUT2D eigenvalue weighted by Crippen LogP contribution is -2.46. The highest BCUT2D eigenvalue weighted by molar-refractivity contribution is 5.78. The minimum atomic E-state index is 0.445. The SMILES string of the molecule is CCCCN1CCN(c2cc(OC)ccc2C2=CCC(C)(C)CC2)CC1. The van der Waals surface area contributed by atoms with Gasteiger partial charge in [0.1, 0.15) is 5.75 Å². The molecule has 1 saturated heterocycles. The number of methoxy groups -OCH3 is 1. The molecule has 26 heavy (non-hydrogen) atoms. The number of hydrogen-bond acceptors (Lipinski definition) is 3. The van der Waals surface area contributed by atoms with Gasteiger partial charge >= 0.3 is 0 Å². The third kappa shape index (κ3) is 4.62. The van der Waals surface area contributed by atoms with Gasteiger partial charge in [-0.3, -0.25) is 4.90 Å². The molecule has 1 aliphatic carbocycles. The fourth-order valence-corrected chi connectivity index (χ4v) is 4.09. The molecule has 1 heterocycles. The topological polar surface area (TPSA) is 15.7 Å². The summed E-state index contributed by atoms with van der Waals surface area (Å²) in [4.78, 5) is 5.18. The fraction of sp³-hybridized carbons (Fsp3) is 0.652. The Labute approximate surface area is 160 Å². The zero-order valence-corrected chi connectivity index (χ0v) is 17.2. The molecule has 3 nitrogen and oxygen atoms in total. The van der Waals surface area contributed by atoms with E-state index in [1.807, 2.05) is 0 Å². The normalized spacial score (nSPS) is 20.8. The van der Waals surface area contributed by atoms with Crippen LogP contribution in [-0.4, -0.2) is 44.7 Å². The number of allylic oxidation sites excluding steroid dienone is 2. The van der Waals surface area contributed by atoms with Crippen LogP contribution in [0.2, 0.25) is 0 Å². The van der Waals surface area contributed by atoms with Gasteiger partial charge in [0.2, 0.25) is 0 Å². The molecule has 0 amide bonds. The molecule has 3 rings (SSSR count). The van der Waals surface area contributed by atoms with Gasteiger partial charge in [-0.2, -0.15) is 0 Å². The lowest BCUT2D eigenvalue weighted by atomic mass is 9.77. The zero-order valence-electron chi connectivity index (χ0n) is 17.2. The van der Waals surface area contributed by atoms with E-state index in [0.717, 1.165) is 18.8 Å². The first-order valence-electron chi connectivity index (χ1n) is 10.4. The molecular weight excluding hydrogens is 320 g/mol. The highest BCUT2D eigenvalue weighted by atomic mass is 16.5. The molecule has 144 valence electrons. The lowest BCUT2D eigenvalue weighted by molar-refractivity contribution is 0.254. The van der Waals surface area contributed by atoms with Crippen molar-refractivity contribution in [3.05, 3.63) is 29.8 Å². The minimum absolute atomic E-state index is 0.445. The van der Waals surface area contributed by atoms with Crippen molar-refractivity contribution in [1.29, 1.82) is 0 Å². The average Bonchev–Trinajstić information content (AvgIpc) is 2.66. The van der Waals surface area contributed by atoms with Crippen LogP contribution in [0, 0.1) is 5.41 Å². The maximum absolute atomic E-state index is 5.54. The predicted molar refractivity (Wildman–Crippen MR) is 112 cm³/mol. The van der Waals surface area contributed by atoms with Gasteiger partial charge < -0.3 is 9.64 Å². The molecule has 1 aromatic carbocycles. The van der Waals surface area contributed by atoms with Crippen molar-refractivity contribution in [3.63, 3.8) is 0 Å². The molecule has 0 atom stereocenters. The van der Waals surface area contributed by atoms with Gasteiger partial charge in [-0.15, -0.1) is 0 Å². The number of hydrogen-bond donors (Lipinski definition) is 0. The van der Waals surface area contributed by atoms with Crippen LogP contribution in [0.15, 0.2) is 24.3 Å². The van der Waals surface area contributed by atoms with Crippen LogP contribution in [0.3, 0.4) is 0 Å². The van der Waals surface area contributed by atoms with E-state index in [2.05, 4.69) is 54.8 Å². The van der Waals surface area contributed by atoms with Gasteiger partial charge in [-0.25, -0.2) is 0 Å². The summed E-state index contributed by atoms with van der Waals surface area (Å²) in [6.07, 6.45) is 8.71. The molecule has 0 radical (unpaired) electrons. The number of unbranched alkanes of at least 4 members (excludes halogenated alkanes) is 1. The van der Waals surface area contributed by atoms with E-state index in [9.17, 15) is 0 Å². The van der Waals surface area contributed by atoms with E-state index in [1.54, 1.807) is 7.11 Å². The van der Waals surface area contributed by atoms with E-state index in [1.165, 1.54) is 68.6 Å². The van der Waals surface area contributed by atoms with Crippen molar-refractivity contribution in [2.45, 2.75) is 52.9 Å². The van der Waals surface area contributed by atoms with E-state index < -0.39 is 0 Å². The molecule has 0 aromatic heterocycles. The molecular formula is C23H36N2O. The Morgan fingerprint density at radius 2 is 1.88 bits per heavy atom. The Bertz CT molecular complexity index is 627. The third-order valence-electron chi connectivity index (χ3n) is 6.06. The molecule has 1 aliphatic heterocycles. The Hall–Kier alpha value is -1.48. The quantitative estimate of drug-likeness (QED) is 0.696. The molecule has 1 fully saturated rings.